The number of benzene rings is 2. The van der Waals surface area contributed by atoms with Crippen LogP contribution in [0.2, 0.25) is 0 Å². The quantitative estimate of drug-likeness (QED) is 0.870. The summed E-state index contributed by atoms with van der Waals surface area (Å²) < 4.78 is 13.5. The van der Waals surface area contributed by atoms with Gasteiger partial charge in [-0.05, 0) is 29.2 Å². The van der Waals surface area contributed by atoms with Crippen LogP contribution in [0.25, 0.3) is 0 Å². The molecule has 0 spiro atoms. The molecular formula is C16H17FO. The van der Waals surface area contributed by atoms with E-state index in [9.17, 15) is 9.50 Å². The fourth-order valence-electron chi connectivity index (χ4n) is 2.16. The minimum atomic E-state index is -0.655. The maximum atomic E-state index is 13.5. The third kappa shape index (κ3) is 2.77. The molecule has 0 saturated heterocycles. The second-order valence-corrected chi connectivity index (χ2v) is 4.36. The Morgan fingerprint density at radius 1 is 1.00 bits per heavy atom. The third-order valence-electron chi connectivity index (χ3n) is 3.17. The van der Waals surface area contributed by atoms with Crippen molar-refractivity contribution in [3.63, 3.8) is 0 Å². The van der Waals surface area contributed by atoms with E-state index in [0.717, 1.165) is 17.5 Å². The van der Waals surface area contributed by atoms with E-state index in [1.54, 1.807) is 18.2 Å². The molecule has 0 aliphatic rings. The van der Waals surface area contributed by atoms with E-state index in [1.807, 2.05) is 24.3 Å². The molecule has 2 aromatic rings. The first-order valence-corrected chi connectivity index (χ1v) is 6.21. The first kappa shape index (κ1) is 12.8. The minimum absolute atomic E-state index is 0.259. The molecule has 18 heavy (non-hydrogen) atoms. The number of halogens is 1. The number of hydrogen-bond acceptors (Lipinski definition) is 1. The highest BCUT2D eigenvalue weighted by molar-refractivity contribution is 5.31. The Labute approximate surface area is 107 Å². The molecule has 0 aromatic heterocycles. The van der Waals surface area contributed by atoms with E-state index in [0.29, 0.717) is 12.0 Å². The summed E-state index contributed by atoms with van der Waals surface area (Å²) >= 11 is 0. The molecule has 1 atom stereocenters. The first-order valence-electron chi connectivity index (χ1n) is 6.21. The summed E-state index contributed by atoms with van der Waals surface area (Å²) in [6.45, 7) is 2.05. The lowest BCUT2D eigenvalue weighted by atomic mass is 9.96. The van der Waals surface area contributed by atoms with Gasteiger partial charge in [-0.2, -0.15) is 0 Å². The summed E-state index contributed by atoms with van der Waals surface area (Å²) in [4.78, 5) is 0. The molecular weight excluding hydrogens is 227 g/mol. The molecule has 0 aliphatic carbocycles. The van der Waals surface area contributed by atoms with Gasteiger partial charge in [-0.25, -0.2) is 4.39 Å². The van der Waals surface area contributed by atoms with E-state index < -0.39 is 6.10 Å². The van der Waals surface area contributed by atoms with E-state index in [2.05, 4.69) is 6.92 Å². The molecule has 94 valence electrons. The van der Waals surface area contributed by atoms with Gasteiger partial charge >= 0.3 is 0 Å². The lowest BCUT2D eigenvalue weighted by molar-refractivity contribution is 0.176. The molecule has 2 heteroatoms. The molecule has 0 radical (unpaired) electrons. The minimum Gasteiger partial charge on any atom is -0.388 e. The van der Waals surface area contributed by atoms with Crippen molar-refractivity contribution in [1.29, 1.82) is 0 Å². The van der Waals surface area contributed by atoms with Crippen molar-refractivity contribution < 1.29 is 9.50 Å². The Kier molecular flexibility index (Phi) is 4.11. The normalized spacial score (nSPS) is 12.4. The highest BCUT2D eigenvalue weighted by Crippen LogP contribution is 2.23. The monoisotopic (exact) mass is 244 g/mol. The average Bonchev–Trinajstić information content (AvgIpc) is 2.41. The van der Waals surface area contributed by atoms with Crippen molar-refractivity contribution in [1.82, 2.24) is 0 Å². The standard InChI is InChI=1S/C16H17FO/c1-2-12-7-3-5-9-14(12)16(18)11-13-8-4-6-10-15(13)17/h3-10,16,18H,2,11H2,1H3. The van der Waals surface area contributed by atoms with Crippen LogP contribution in [0.5, 0.6) is 0 Å². The zero-order chi connectivity index (χ0) is 13.0. The second kappa shape index (κ2) is 5.78. The van der Waals surface area contributed by atoms with Crippen molar-refractivity contribution in [3.8, 4) is 0 Å². The highest BCUT2D eigenvalue weighted by atomic mass is 19.1. The van der Waals surface area contributed by atoms with Gasteiger partial charge in [0, 0.05) is 6.42 Å². The Bertz CT molecular complexity index is 522. The summed E-state index contributed by atoms with van der Waals surface area (Å²) in [6, 6.07) is 14.4. The van der Waals surface area contributed by atoms with Gasteiger partial charge < -0.3 is 5.11 Å². The molecule has 2 aromatic carbocycles. The molecule has 0 heterocycles. The van der Waals surface area contributed by atoms with Crippen molar-refractivity contribution in [3.05, 3.63) is 71.0 Å². The van der Waals surface area contributed by atoms with E-state index in [-0.39, 0.29) is 5.82 Å². The fraction of sp³-hybridized carbons (Fsp3) is 0.250. The van der Waals surface area contributed by atoms with Crippen molar-refractivity contribution in [2.75, 3.05) is 0 Å². The smallest absolute Gasteiger partial charge is 0.126 e. The summed E-state index contributed by atoms with van der Waals surface area (Å²) in [5.74, 6) is -0.259. The molecule has 0 saturated carbocycles. The Hall–Kier alpha value is -1.67. The zero-order valence-electron chi connectivity index (χ0n) is 10.4. The van der Waals surface area contributed by atoms with Gasteiger partial charge in [0.1, 0.15) is 5.82 Å². The van der Waals surface area contributed by atoms with Crippen LogP contribution in [0.3, 0.4) is 0 Å². The Balaban J connectivity index is 2.22. The van der Waals surface area contributed by atoms with Crippen LogP contribution in [0, 0.1) is 5.82 Å². The zero-order valence-corrected chi connectivity index (χ0v) is 10.4. The van der Waals surface area contributed by atoms with Crippen LogP contribution in [0.4, 0.5) is 4.39 Å². The van der Waals surface area contributed by atoms with Crippen molar-refractivity contribution in [2.45, 2.75) is 25.9 Å². The number of aryl methyl sites for hydroxylation is 1. The fourth-order valence-corrected chi connectivity index (χ4v) is 2.16. The van der Waals surface area contributed by atoms with E-state index in [4.69, 9.17) is 0 Å². The lowest BCUT2D eigenvalue weighted by Crippen LogP contribution is -2.06. The SMILES string of the molecule is CCc1ccccc1C(O)Cc1ccccc1F. The summed E-state index contributed by atoms with van der Waals surface area (Å²) in [5.41, 5.74) is 2.56. The maximum Gasteiger partial charge on any atom is 0.126 e. The maximum absolute atomic E-state index is 13.5. The molecule has 0 aliphatic heterocycles. The van der Waals surface area contributed by atoms with Gasteiger partial charge in [-0.3, -0.25) is 0 Å². The lowest BCUT2D eigenvalue weighted by Gasteiger charge is -2.15. The predicted molar refractivity (Wildman–Crippen MR) is 70.9 cm³/mol. The third-order valence-corrected chi connectivity index (χ3v) is 3.17. The molecule has 0 fully saturated rings. The van der Waals surface area contributed by atoms with Crippen LogP contribution in [0.1, 0.15) is 29.7 Å². The number of aliphatic hydroxyl groups excluding tert-OH is 1. The topological polar surface area (TPSA) is 20.2 Å². The van der Waals surface area contributed by atoms with Gasteiger partial charge in [0.2, 0.25) is 0 Å². The van der Waals surface area contributed by atoms with Crippen LogP contribution in [0.15, 0.2) is 48.5 Å². The molecule has 0 amide bonds. The number of aliphatic hydroxyl groups is 1. The van der Waals surface area contributed by atoms with Gasteiger partial charge in [0.15, 0.2) is 0 Å². The van der Waals surface area contributed by atoms with E-state index in [1.165, 1.54) is 6.07 Å². The van der Waals surface area contributed by atoms with Gasteiger partial charge in [0.25, 0.3) is 0 Å². The molecule has 1 nitrogen and oxygen atoms in total. The van der Waals surface area contributed by atoms with Crippen LogP contribution < -0.4 is 0 Å². The highest BCUT2D eigenvalue weighted by Gasteiger charge is 2.13. The van der Waals surface area contributed by atoms with Crippen molar-refractivity contribution >= 4 is 0 Å². The van der Waals surface area contributed by atoms with Gasteiger partial charge in [-0.15, -0.1) is 0 Å². The Morgan fingerprint density at radius 2 is 1.61 bits per heavy atom. The number of hydrogen-bond donors (Lipinski definition) is 1. The molecule has 1 N–H and O–H groups in total. The number of rotatable bonds is 4. The first-order chi connectivity index (χ1) is 8.72. The Morgan fingerprint density at radius 3 is 2.28 bits per heavy atom. The van der Waals surface area contributed by atoms with Crippen LogP contribution in [-0.4, -0.2) is 5.11 Å². The van der Waals surface area contributed by atoms with Crippen LogP contribution >= 0.6 is 0 Å². The summed E-state index contributed by atoms with van der Waals surface area (Å²) in [7, 11) is 0. The van der Waals surface area contributed by atoms with Gasteiger partial charge in [-0.1, -0.05) is 49.4 Å². The largest absolute Gasteiger partial charge is 0.388 e. The van der Waals surface area contributed by atoms with Gasteiger partial charge in [0.05, 0.1) is 6.10 Å². The summed E-state index contributed by atoms with van der Waals surface area (Å²) in [5, 5.41) is 10.2. The molecule has 0 bridgehead atoms. The van der Waals surface area contributed by atoms with E-state index >= 15 is 0 Å². The summed E-state index contributed by atoms with van der Waals surface area (Å²) in [6.07, 6.45) is 0.520. The molecule has 1 unspecified atom stereocenters. The van der Waals surface area contributed by atoms with Crippen LogP contribution in [-0.2, 0) is 12.8 Å². The average molecular weight is 244 g/mol. The predicted octanol–water partition coefficient (Wildman–Crippen LogP) is 3.66. The molecule has 2 rings (SSSR count). The second-order valence-electron chi connectivity index (χ2n) is 4.36. The van der Waals surface area contributed by atoms with Crippen molar-refractivity contribution in [2.24, 2.45) is 0 Å².